The highest BCUT2D eigenvalue weighted by atomic mass is 127. The summed E-state index contributed by atoms with van der Waals surface area (Å²) in [5, 5.41) is 17.3. The van der Waals surface area contributed by atoms with Gasteiger partial charge in [-0.25, -0.2) is 4.99 Å². The van der Waals surface area contributed by atoms with Gasteiger partial charge in [-0.3, -0.25) is 0 Å². The molecule has 7 heteroatoms. The quantitative estimate of drug-likeness (QED) is 0.278. The molecule has 2 rings (SSSR count). The van der Waals surface area contributed by atoms with E-state index in [9.17, 15) is 5.11 Å². The van der Waals surface area contributed by atoms with Crippen molar-refractivity contribution in [3.8, 4) is 5.75 Å². The van der Waals surface area contributed by atoms with E-state index in [1.807, 2.05) is 65.0 Å². The molecule has 0 fully saturated rings. The topological polar surface area (TPSA) is 79.0 Å². The number of nitrogens with zero attached hydrogens (tertiary/aromatic N) is 1. The normalized spacial score (nSPS) is 13.6. The minimum Gasteiger partial charge on any atom is -0.491 e. The molecule has 1 atom stereocenters. The van der Waals surface area contributed by atoms with Crippen LogP contribution in [-0.4, -0.2) is 30.3 Å². The Morgan fingerprint density at radius 3 is 2.55 bits per heavy atom. The van der Waals surface area contributed by atoms with Crippen molar-refractivity contribution >= 4 is 29.9 Å². The van der Waals surface area contributed by atoms with Crippen LogP contribution in [0, 0.1) is 13.8 Å². The molecule has 29 heavy (non-hydrogen) atoms. The van der Waals surface area contributed by atoms with E-state index in [1.54, 1.807) is 6.92 Å². The van der Waals surface area contributed by atoms with E-state index in [1.165, 1.54) is 0 Å². The van der Waals surface area contributed by atoms with Gasteiger partial charge in [0, 0.05) is 12.1 Å². The average Bonchev–Trinajstić information content (AvgIpc) is 2.96. The van der Waals surface area contributed by atoms with E-state index >= 15 is 0 Å². The van der Waals surface area contributed by atoms with Gasteiger partial charge in [0.2, 0.25) is 0 Å². The van der Waals surface area contributed by atoms with Crippen molar-refractivity contribution in [2.24, 2.45) is 4.99 Å². The lowest BCUT2D eigenvalue weighted by Crippen LogP contribution is -2.44. The summed E-state index contributed by atoms with van der Waals surface area (Å²) in [5.74, 6) is 3.01. The van der Waals surface area contributed by atoms with Gasteiger partial charge in [0.05, 0.1) is 19.2 Å². The summed E-state index contributed by atoms with van der Waals surface area (Å²) in [4.78, 5) is 4.63. The van der Waals surface area contributed by atoms with Gasteiger partial charge < -0.3 is 24.9 Å². The fourth-order valence-corrected chi connectivity index (χ4v) is 3.02. The van der Waals surface area contributed by atoms with Crippen LogP contribution in [-0.2, 0) is 12.1 Å². The number of aliphatic hydroxyl groups is 1. The van der Waals surface area contributed by atoms with Crippen LogP contribution < -0.4 is 15.4 Å². The largest absolute Gasteiger partial charge is 0.491 e. The summed E-state index contributed by atoms with van der Waals surface area (Å²) in [5.41, 5.74) is 0.776. The molecule has 0 amide bonds. The van der Waals surface area contributed by atoms with Crippen LogP contribution in [0.5, 0.6) is 5.75 Å². The first kappa shape index (κ1) is 25.3. The van der Waals surface area contributed by atoms with Crippen molar-refractivity contribution in [3.05, 3.63) is 53.0 Å². The molecule has 0 aliphatic carbocycles. The Hall–Kier alpha value is -1.74. The number of benzene rings is 1. The Morgan fingerprint density at radius 2 is 1.97 bits per heavy atom. The summed E-state index contributed by atoms with van der Waals surface area (Å²) in [6.45, 7) is 13.1. The van der Waals surface area contributed by atoms with Gasteiger partial charge >= 0.3 is 0 Å². The SMILES string of the molecule is CCNC(=NCc1cccc(OC(C)C)c1)NCC(C)(O)c1cc(C)oc1C.I. The number of halogens is 1. The third-order valence-corrected chi connectivity index (χ3v) is 4.26. The molecule has 3 N–H and O–H groups in total. The Kier molecular flexibility index (Phi) is 9.98. The van der Waals surface area contributed by atoms with Crippen LogP contribution in [0.3, 0.4) is 0 Å². The Bertz CT molecular complexity index is 800. The second kappa shape index (κ2) is 11.4. The molecular formula is C22H34IN3O3. The maximum Gasteiger partial charge on any atom is 0.191 e. The van der Waals surface area contributed by atoms with E-state index in [4.69, 9.17) is 9.15 Å². The van der Waals surface area contributed by atoms with E-state index in [-0.39, 0.29) is 30.1 Å². The van der Waals surface area contributed by atoms with Crippen molar-refractivity contribution in [1.29, 1.82) is 0 Å². The molecule has 0 saturated carbocycles. The number of aryl methyl sites for hydroxylation is 2. The molecule has 0 aliphatic rings. The van der Waals surface area contributed by atoms with Gasteiger partial charge in [-0.2, -0.15) is 0 Å². The Labute approximate surface area is 191 Å². The lowest BCUT2D eigenvalue weighted by atomic mass is 9.96. The maximum absolute atomic E-state index is 10.9. The first-order valence-electron chi connectivity index (χ1n) is 9.79. The molecule has 6 nitrogen and oxygen atoms in total. The summed E-state index contributed by atoms with van der Waals surface area (Å²) < 4.78 is 11.3. The maximum atomic E-state index is 10.9. The van der Waals surface area contributed by atoms with Crippen LogP contribution in [0.25, 0.3) is 0 Å². The number of rotatable bonds is 8. The van der Waals surface area contributed by atoms with Crippen molar-refractivity contribution in [2.45, 2.75) is 59.8 Å². The minimum atomic E-state index is -1.07. The zero-order valence-electron chi connectivity index (χ0n) is 18.2. The summed E-state index contributed by atoms with van der Waals surface area (Å²) in [7, 11) is 0. The highest BCUT2D eigenvalue weighted by Gasteiger charge is 2.27. The zero-order valence-corrected chi connectivity index (χ0v) is 20.5. The fourth-order valence-electron chi connectivity index (χ4n) is 3.02. The molecule has 1 aromatic carbocycles. The lowest BCUT2D eigenvalue weighted by Gasteiger charge is -2.24. The second-order valence-electron chi connectivity index (χ2n) is 7.46. The molecule has 0 spiro atoms. The van der Waals surface area contributed by atoms with Crippen molar-refractivity contribution in [1.82, 2.24) is 10.6 Å². The van der Waals surface area contributed by atoms with Crippen LogP contribution in [0.2, 0.25) is 0 Å². The molecule has 2 aromatic rings. The molecule has 1 heterocycles. The standard InChI is InChI=1S/C22H33N3O3.HI/c1-7-23-21(24-13-18-9-8-10-19(12-18)27-15(2)3)25-14-22(6,26)20-11-16(4)28-17(20)5;/h8-12,15,26H,7,13-14H2,1-6H3,(H2,23,24,25);1H. The number of nitrogens with one attached hydrogen (secondary N) is 2. The monoisotopic (exact) mass is 515 g/mol. The van der Waals surface area contributed by atoms with Crippen LogP contribution in [0.1, 0.15) is 50.3 Å². The Balaban J connectivity index is 0.00000420. The van der Waals surface area contributed by atoms with Gasteiger partial charge in [-0.05, 0) is 65.3 Å². The first-order chi connectivity index (χ1) is 13.2. The minimum absolute atomic E-state index is 0. The van der Waals surface area contributed by atoms with E-state index in [2.05, 4.69) is 15.6 Å². The number of aliphatic imine (C=N–C) groups is 1. The molecular weight excluding hydrogens is 481 g/mol. The molecule has 0 bridgehead atoms. The van der Waals surface area contributed by atoms with Gasteiger partial charge in [-0.1, -0.05) is 12.1 Å². The summed E-state index contributed by atoms with van der Waals surface area (Å²) >= 11 is 0. The molecule has 1 aromatic heterocycles. The number of furan rings is 1. The highest BCUT2D eigenvalue weighted by Crippen LogP contribution is 2.26. The zero-order chi connectivity index (χ0) is 20.7. The predicted molar refractivity (Wildman–Crippen MR) is 128 cm³/mol. The number of hydrogen-bond donors (Lipinski definition) is 3. The molecule has 0 radical (unpaired) electrons. The van der Waals surface area contributed by atoms with E-state index in [0.717, 1.165) is 34.9 Å². The molecule has 0 aliphatic heterocycles. The first-order valence-corrected chi connectivity index (χ1v) is 9.79. The number of guanidine groups is 1. The molecule has 0 saturated heterocycles. The van der Waals surface area contributed by atoms with E-state index in [0.29, 0.717) is 19.0 Å². The van der Waals surface area contributed by atoms with Crippen LogP contribution in [0.4, 0.5) is 0 Å². The molecule has 1 unspecified atom stereocenters. The predicted octanol–water partition coefficient (Wildman–Crippen LogP) is 4.26. The summed E-state index contributed by atoms with van der Waals surface area (Å²) in [6.07, 6.45) is 0.134. The fraction of sp³-hybridized carbons (Fsp3) is 0.500. The van der Waals surface area contributed by atoms with Gasteiger partial charge in [0.1, 0.15) is 22.9 Å². The third-order valence-electron chi connectivity index (χ3n) is 4.26. The molecule has 162 valence electrons. The van der Waals surface area contributed by atoms with Crippen LogP contribution >= 0.6 is 24.0 Å². The highest BCUT2D eigenvalue weighted by molar-refractivity contribution is 14.0. The Morgan fingerprint density at radius 1 is 1.24 bits per heavy atom. The van der Waals surface area contributed by atoms with Gasteiger partial charge in [0.25, 0.3) is 0 Å². The third kappa shape index (κ3) is 7.89. The van der Waals surface area contributed by atoms with E-state index < -0.39 is 5.60 Å². The van der Waals surface area contributed by atoms with Gasteiger partial charge in [0.15, 0.2) is 5.96 Å². The summed E-state index contributed by atoms with van der Waals surface area (Å²) in [6, 6.07) is 9.82. The smallest absolute Gasteiger partial charge is 0.191 e. The van der Waals surface area contributed by atoms with Crippen molar-refractivity contribution in [3.63, 3.8) is 0 Å². The van der Waals surface area contributed by atoms with Crippen molar-refractivity contribution < 1.29 is 14.3 Å². The van der Waals surface area contributed by atoms with Gasteiger partial charge in [-0.15, -0.1) is 24.0 Å². The van der Waals surface area contributed by atoms with Crippen LogP contribution in [0.15, 0.2) is 39.7 Å². The average molecular weight is 515 g/mol. The second-order valence-corrected chi connectivity index (χ2v) is 7.46. The number of ether oxygens (including phenoxy) is 1. The lowest BCUT2D eigenvalue weighted by molar-refractivity contribution is 0.0601. The van der Waals surface area contributed by atoms with Crippen molar-refractivity contribution in [2.75, 3.05) is 13.1 Å². The number of hydrogen-bond acceptors (Lipinski definition) is 4.